The van der Waals surface area contributed by atoms with Crippen LogP contribution in [0.2, 0.25) is 5.02 Å². The van der Waals surface area contributed by atoms with Crippen molar-refractivity contribution >= 4 is 11.6 Å². The van der Waals surface area contributed by atoms with Gasteiger partial charge in [0.15, 0.2) is 0 Å². The van der Waals surface area contributed by atoms with Crippen molar-refractivity contribution in [3.05, 3.63) is 34.9 Å². The van der Waals surface area contributed by atoms with Crippen LogP contribution in [0.25, 0.3) is 0 Å². The fourth-order valence-electron chi connectivity index (χ4n) is 0.992. The summed E-state index contributed by atoms with van der Waals surface area (Å²) in [6.45, 7) is 0. The maximum Gasteiger partial charge on any atom is 0.121 e. The quantitative estimate of drug-likeness (QED) is 0.757. The van der Waals surface area contributed by atoms with Crippen LogP contribution in [-0.4, -0.2) is 7.05 Å². The average Bonchev–Trinajstić information content (AvgIpc) is 2.07. The first-order valence-electron chi connectivity index (χ1n) is 3.60. The third-order valence-corrected chi connectivity index (χ3v) is 1.83. The highest BCUT2D eigenvalue weighted by Crippen LogP contribution is 2.16. The molecule has 62 valence electrons. The van der Waals surface area contributed by atoms with E-state index in [1.165, 1.54) is 0 Å². The summed E-state index contributed by atoms with van der Waals surface area (Å²) in [4.78, 5) is 0. The van der Waals surface area contributed by atoms with Gasteiger partial charge in [0.25, 0.3) is 0 Å². The Hall–Kier alpha value is -1.04. The molecule has 0 aliphatic heterocycles. The first-order chi connectivity index (χ1) is 5.77. The molecule has 0 radical (unpaired) electrons. The van der Waals surface area contributed by atoms with Crippen LogP contribution in [0.4, 0.5) is 0 Å². The predicted molar refractivity (Wildman–Crippen MR) is 48.9 cm³/mol. The topological polar surface area (TPSA) is 35.8 Å². The molecule has 0 bridgehead atoms. The molecule has 0 aliphatic carbocycles. The summed E-state index contributed by atoms with van der Waals surface area (Å²) in [5, 5.41) is 12.2. The lowest BCUT2D eigenvalue weighted by molar-refractivity contribution is 0.727. The molecule has 1 atom stereocenters. The van der Waals surface area contributed by atoms with Crippen LogP contribution in [0.3, 0.4) is 0 Å². The third kappa shape index (κ3) is 1.97. The van der Waals surface area contributed by atoms with Gasteiger partial charge in [-0.1, -0.05) is 23.7 Å². The van der Waals surface area contributed by atoms with Gasteiger partial charge in [0, 0.05) is 5.02 Å². The fourth-order valence-corrected chi connectivity index (χ4v) is 1.19. The molecule has 0 saturated carbocycles. The number of nitriles is 1. The van der Waals surface area contributed by atoms with Crippen molar-refractivity contribution in [2.75, 3.05) is 7.05 Å². The largest absolute Gasteiger partial charge is 0.301 e. The van der Waals surface area contributed by atoms with Gasteiger partial charge in [0.2, 0.25) is 0 Å². The number of hydrogen-bond acceptors (Lipinski definition) is 2. The third-order valence-electron chi connectivity index (χ3n) is 1.60. The Labute approximate surface area is 76.8 Å². The lowest BCUT2D eigenvalue weighted by atomic mass is 10.1. The monoisotopic (exact) mass is 180 g/mol. The average molecular weight is 181 g/mol. The summed E-state index contributed by atoms with van der Waals surface area (Å²) in [7, 11) is 1.74. The summed E-state index contributed by atoms with van der Waals surface area (Å²) in [6.07, 6.45) is 0. The summed E-state index contributed by atoms with van der Waals surface area (Å²) in [6, 6.07) is 9.13. The Kier molecular flexibility index (Phi) is 3.09. The molecule has 3 heteroatoms. The Morgan fingerprint density at radius 2 is 2.33 bits per heavy atom. The number of nitrogens with zero attached hydrogens (tertiary/aromatic N) is 1. The summed E-state index contributed by atoms with van der Waals surface area (Å²) < 4.78 is 0. The zero-order valence-corrected chi connectivity index (χ0v) is 7.47. The molecule has 1 aromatic rings. The standard InChI is InChI=1S/C9H9ClN2/c1-12-9(6-11)7-3-2-4-8(10)5-7/h2-5,9,12H,1H3. The van der Waals surface area contributed by atoms with Crippen LogP contribution in [0.15, 0.2) is 24.3 Å². The van der Waals surface area contributed by atoms with E-state index >= 15 is 0 Å². The summed E-state index contributed by atoms with van der Waals surface area (Å²) in [5.41, 5.74) is 0.896. The number of rotatable bonds is 2. The maximum absolute atomic E-state index is 8.71. The highest BCUT2D eigenvalue weighted by atomic mass is 35.5. The van der Waals surface area contributed by atoms with Gasteiger partial charge in [-0.05, 0) is 24.7 Å². The molecule has 0 heterocycles. The van der Waals surface area contributed by atoms with Gasteiger partial charge in [0.1, 0.15) is 6.04 Å². The molecule has 0 fully saturated rings. The van der Waals surface area contributed by atoms with E-state index in [0.717, 1.165) is 5.56 Å². The molecule has 2 nitrogen and oxygen atoms in total. The second-order valence-corrected chi connectivity index (χ2v) is 2.84. The van der Waals surface area contributed by atoms with Crippen LogP contribution < -0.4 is 5.32 Å². The Bertz CT molecular complexity index is 304. The SMILES string of the molecule is CNC(C#N)c1cccc(Cl)c1. The molecule has 12 heavy (non-hydrogen) atoms. The molecule has 1 unspecified atom stereocenters. The van der Waals surface area contributed by atoms with E-state index in [-0.39, 0.29) is 6.04 Å². The second-order valence-electron chi connectivity index (χ2n) is 2.41. The van der Waals surface area contributed by atoms with Crippen LogP contribution in [-0.2, 0) is 0 Å². The molecular weight excluding hydrogens is 172 g/mol. The first-order valence-corrected chi connectivity index (χ1v) is 3.98. The highest BCUT2D eigenvalue weighted by molar-refractivity contribution is 6.30. The lowest BCUT2D eigenvalue weighted by Gasteiger charge is -2.07. The molecule has 1 aromatic carbocycles. The van der Waals surface area contributed by atoms with Crippen molar-refractivity contribution in [2.24, 2.45) is 0 Å². The van der Waals surface area contributed by atoms with E-state index in [1.54, 1.807) is 19.2 Å². The summed E-state index contributed by atoms with van der Waals surface area (Å²) >= 11 is 5.77. The van der Waals surface area contributed by atoms with E-state index in [4.69, 9.17) is 16.9 Å². The van der Waals surface area contributed by atoms with Crippen LogP contribution in [0.1, 0.15) is 11.6 Å². The Morgan fingerprint density at radius 1 is 1.58 bits per heavy atom. The molecule has 1 N–H and O–H groups in total. The van der Waals surface area contributed by atoms with Crippen molar-refractivity contribution in [2.45, 2.75) is 6.04 Å². The zero-order chi connectivity index (χ0) is 8.97. The van der Waals surface area contributed by atoms with Gasteiger partial charge in [-0.25, -0.2) is 0 Å². The maximum atomic E-state index is 8.71. The van der Waals surface area contributed by atoms with Gasteiger partial charge in [0.05, 0.1) is 6.07 Å². The molecule has 0 aliphatic rings. The zero-order valence-electron chi connectivity index (χ0n) is 6.71. The molecule has 0 spiro atoms. The first kappa shape index (κ1) is 9.05. The predicted octanol–water partition coefficient (Wildman–Crippen LogP) is 2.12. The van der Waals surface area contributed by atoms with E-state index < -0.39 is 0 Å². The van der Waals surface area contributed by atoms with Crippen molar-refractivity contribution in [3.8, 4) is 6.07 Å². The molecule has 0 amide bonds. The van der Waals surface area contributed by atoms with E-state index in [0.29, 0.717) is 5.02 Å². The van der Waals surface area contributed by atoms with Gasteiger partial charge >= 0.3 is 0 Å². The van der Waals surface area contributed by atoms with Gasteiger partial charge < -0.3 is 5.32 Å². The van der Waals surface area contributed by atoms with E-state index in [1.807, 2.05) is 12.1 Å². The van der Waals surface area contributed by atoms with Gasteiger partial charge in [-0.3, -0.25) is 0 Å². The molecule has 1 rings (SSSR count). The van der Waals surface area contributed by atoms with Crippen molar-refractivity contribution in [1.29, 1.82) is 5.26 Å². The van der Waals surface area contributed by atoms with E-state index in [2.05, 4.69) is 11.4 Å². The van der Waals surface area contributed by atoms with Crippen molar-refractivity contribution in [1.82, 2.24) is 5.32 Å². The van der Waals surface area contributed by atoms with Crippen LogP contribution in [0, 0.1) is 11.3 Å². The Balaban J connectivity index is 2.95. The second kappa shape index (κ2) is 4.10. The number of benzene rings is 1. The number of nitrogens with one attached hydrogen (secondary N) is 1. The molecular formula is C9H9ClN2. The minimum atomic E-state index is -0.274. The van der Waals surface area contributed by atoms with Gasteiger partial charge in [-0.2, -0.15) is 5.26 Å². The lowest BCUT2D eigenvalue weighted by Crippen LogP contribution is -2.13. The summed E-state index contributed by atoms with van der Waals surface area (Å²) in [5.74, 6) is 0. The van der Waals surface area contributed by atoms with Crippen molar-refractivity contribution < 1.29 is 0 Å². The van der Waals surface area contributed by atoms with Crippen LogP contribution in [0.5, 0.6) is 0 Å². The molecule has 0 aromatic heterocycles. The highest BCUT2D eigenvalue weighted by Gasteiger charge is 2.06. The number of halogens is 1. The van der Waals surface area contributed by atoms with Gasteiger partial charge in [-0.15, -0.1) is 0 Å². The minimum Gasteiger partial charge on any atom is -0.301 e. The smallest absolute Gasteiger partial charge is 0.121 e. The van der Waals surface area contributed by atoms with E-state index in [9.17, 15) is 0 Å². The van der Waals surface area contributed by atoms with Crippen molar-refractivity contribution in [3.63, 3.8) is 0 Å². The van der Waals surface area contributed by atoms with Crippen LogP contribution >= 0.6 is 11.6 Å². The molecule has 0 saturated heterocycles. The normalized spacial score (nSPS) is 12.1. The minimum absolute atomic E-state index is 0.274. The number of hydrogen-bond donors (Lipinski definition) is 1. The fraction of sp³-hybridized carbons (Fsp3) is 0.222. The Morgan fingerprint density at radius 3 is 2.83 bits per heavy atom.